The molecule has 0 radical (unpaired) electrons. The molecular weight excluding hydrogens is 252 g/mol. The second-order valence-corrected chi connectivity index (χ2v) is 5.68. The van der Waals surface area contributed by atoms with Gasteiger partial charge in [0.1, 0.15) is 5.82 Å². The summed E-state index contributed by atoms with van der Waals surface area (Å²) >= 11 is 0. The molecule has 1 aliphatic heterocycles. The lowest BCUT2D eigenvalue weighted by Gasteiger charge is -2.28. The number of nitrogen functional groups attached to an aromatic ring is 1. The van der Waals surface area contributed by atoms with Crippen LogP contribution in [0.15, 0.2) is 12.1 Å². The third-order valence-electron chi connectivity index (χ3n) is 3.97. The maximum atomic E-state index is 12.7. The van der Waals surface area contributed by atoms with Crippen LogP contribution >= 0.6 is 0 Å². The third kappa shape index (κ3) is 2.93. The van der Waals surface area contributed by atoms with Crippen LogP contribution in [0.3, 0.4) is 0 Å². The molecule has 2 rings (SSSR count). The van der Waals surface area contributed by atoms with E-state index in [4.69, 9.17) is 5.84 Å². The number of nitrogens with zero attached hydrogens (tertiary/aromatic N) is 2. The van der Waals surface area contributed by atoms with Gasteiger partial charge in [0, 0.05) is 23.8 Å². The van der Waals surface area contributed by atoms with Gasteiger partial charge in [-0.25, -0.2) is 10.8 Å². The SMILES string of the molecule is CCc1cc(C(=O)N2CCCC2C(C)C)cc(NN)n1. The highest BCUT2D eigenvalue weighted by molar-refractivity contribution is 5.95. The fraction of sp³-hybridized carbons (Fsp3) is 0.600. The fourth-order valence-electron chi connectivity index (χ4n) is 2.87. The number of aromatic nitrogens is 1. The topological polar surface area (TPSA) is 71.2 Å². The average Bonchev–Trinajstić information content (AvgIpc) is 2.95. The molecule has 0 bridgehead atoms. The van der Waals surface area contributed by atoms with Crippen LogP contribution in [0.2, 0.25) is 0 Å². The van der Waals surface area contributed by atoms with E-state index in [1.165, 1.54) is 0 Å². The number of hydrogen-bond donors (Lipinski definition) is 2. The Labute approximate surface area is 120 Å². The maximum Gasteiger partial charge on any atom is 0.254 e. The van der Waals surface area contributed by atoms with Gasteiger partial charge in [0.2, 0.25) is 0 Å². The summed E-state index contributed by atoms with van der Waals surface area (Å²) in [7, 11) is 0. The van der Waals surface area contributed by atoms with E-state index in [0.717, 1.165) is 31.5 Å². The van der Waals surface area contributed by atoms with E-state index in [9.17, 15) is 4.79 Å². The number of carbonyl (C=O) groups excluding carboxylic acids is 1. The van der Waals surface area contributed by atoms with Gasteiger partial charge in [0.15, 0.2) is 0 Å². The smallest absolute Gasteiger partial charge is 0.254 e. The maximum absolute atomic E-state index is 12.7. The first-order valence-electron chi connectivity index (χ1n) is 7.35. The Morgan fingerprint density at radius 1 is 1.55 bits per heavy atom. The van der Waals surface area contributed by atoms with E-state index < -0.39 is 0 Å². The van der Waals surface area contributed by atoms with Crippen molar-refractivity contribution in [3.05, 3.63) is 23.4 Å². The largest absolute Gasteiger partial charge is 0.335 e. The number of anilines is 1. The summed E-state index contributed by atoms with van der Waals surface area (Å²) in [5.74, 6) is 6.56. The highest BCUT2D eigenvalue weighted by atomic mass is 16.2. The Hall–Kier alpha value is -1.62. The van der Waals surface area contributed by atoms with E-state index in [1.54, 1.807) is 6.07 Å². The molecule has 1 atom stereocenters. The molecule has 1 unspecified atom stereocenters. The van der Waals surface area contributed by atoms with E-state index >= 15 is 0 Å². The van der Waals surface area contributed by atoms with Crippen LogP contribution < -0.4 is 11.3 Å². The van der Waals surface area contributed by atoms with Crippen LogP contribution in [0, 0.1) is 5.92 Å². The van der Waals surface area contributed by atoms with E-state index in [0.29, 0.717) is 23.3 Å². The van der Waals surface area contributed by atoms with Crippen molar-refractivity contribution in [2.45, 2.75) is 46.1 Å². The minimum Gasteiger partial charge on any atom is -0.335 e. The number of likely N-dealkylation sites (tertiary alicyclic amines) is 1. The van der Waals surface area contributed by atoms with Crippen LogP contribution in [0.25, 0.3) is 0 Å². The van der Waals surface area contributed by atoms with Gasteiger partial charge in [-0.2, -0.15) is 0 Å². The predicted octanol–water partition coefficient (Wildman–Crippen LogP) is 2.19. The fourth-order valence-corrected chi connectivity index (χ4v) is 2.87. The van der Waals surface area contributed by atoms with Gasteiger partial charge in [-0.1, -0.05) is 20.8 Å². The number of rotatable bonds is 4. The summed E-state index contributed by atoms with van der Waals surface area (Å²) in [4.78, 5) is 19.1. The zero-order valence-corrected chi connectivity index (χ0v) is 12.5. The highest BCUT2D eigenvalue weighted by Crippen LogP contribution is 2.26. The summed E-state index contributed by atoms with van der Waals surface area (Å²) in [6.45, 7) is 7.21. The van der Waals surface area contributed by atoms with Gasteiger partial charge >= 0.3 is 0 Å². The van der Waals surface area contributed by atoms with Crippen molar-refractivity contribution in [3.8, 4) is 0 Å². The first-order valence-corrected chi connectivity index (χ1v) is 7.35. The molecular formula is C15H24N4O. The van der Waals surface area contributed by atoms with Crippen molar-refractivity contribution in [3.63, 3.8) is 0 Å². The van der Waals surface area contributed by atoms with Gasteiger partial charge in [-0.3, -0.25) is 4.79 Å². The number of hydrazine groups is 1. The molecule has 1 amide bonds. The molecule has 1 fully saturated rings. The number of aryl methyl sites for hydroxylation is 1. The molecule has 0 spiro atoms. The second-order valence-electron chi connectivity index (χ2n) is 5.68. The first-order chi connectivity index (χ1) is 9.56. The van der Waals surface area contributed by atoms with E-state index in [2.05, 4.69) is 24.3 Å². The van der Waals surface area contributed by atoms with Crippen LogP contribution in [0.1, 0.15) is 49.7 Å². The van der Waals surface area contributed by atoms with Crippen LogP contribution in [-0.4, -0.2) is 28.4 Å². The molecule has 0 saturated carbocycles. The van der Waals surface area contributed by atoms with Crippen molar-refractivity contribution in [1.82, 2.24) is 9.88 Å². The molecule has 110 valence electrons. The third-order valence-corrected chi connectivity index (χ3v) is 3.97. The summed E-state index contributed by atoms with van der Waals surface area (Å²) in [6, 6.07) is 3.95. The predicted molar refractivity (Wildman–Crippen MR) is 80.3 cm³/mol. The van der Waals surface area contributed by atoms with Gasteiger partial charge in [-0.15, -0.1) is 0 Å². The standard InChI is InChI=1S/C15H24N4O/c1-4-12-8-11(9-14(17-12)18-16)15(20)19-7-5-6-13(19)10(2)3/h8-10,13H,4-7,16H2,1-3H3,(H,17,18). The summed E-state index contributed by atoms with van der Waals surface area (Å²) in [5, 5.41) is 0. The van der Waals surface area contributed by atoms with Crippen molar-refractivity contribution < 1.29 is 4.79 Å². The summed E-state index contributed by atoms with van der Waals surface area (Å²) < 4.78 is 0. The minimum atomic E-state index is 0.0924. The monoisotopic (exact) mass is 276 g/mol. The van der Waals surface area contributed by atoms with Crippen LogP contribution in [-0.2, 0) is 6.42 Å². The van der Waals surface area contributed by atoms with Gasteiger partial charge in [0.05, 0.1) is 0 Å². The van der Waals surface area contributed by atoms with E-state index in [1.807, 2.05) is 17.9 Å². The van der Waals surface area contributed by atoms with Crippen molar-refractivity contribution >= 4 is 11.7 Å². The van der Waals surface area contributed by atoms with E-state index in [-0.39, 0.29) is 5.91 Å². The molecule has 2 heterocycles. The molecule has 1 aliphatic rings. The number of carbonyl (C=O) groups is 1. The Morgan fingerprint density at radius 3 is 2.90 bits per heavy atom. The molecule has 20 heavy (non-hydrogen) atoms. The van der Waals surface area contributed by atoms with Gasteiger partial charge in [-0.05, 0) is 37.3 Å². The number of nitrogens with one attached hydrogen (secondary N) is 1. The number of amides is 1. The van der Waals surface area contributed by atoms with Crippen molar-refractivity contribution in [2.24, 2.45) is 11.8 Å². The van der Waals surface area contributed by atoms with Crippen LogP contribution in [0.4, 0.5) is 5.82 Å². The molecule has 1 aromatic heterocycles. The molecule has 1 saturated heterocycles. The number of hydrogen-bond acceptors (Lipinski definition) is 4. The Bertz CT molecular complexity index is 465. The average molecular weight is 276 g/mol. The Morgan fingerprint density at radius 2 is 2.30 bits per heavy atom. The quantitative estimate of drug-likeness (QED) is 0.653. The second kappa shape index (κ2) is 6.22. The summed E-state index contributed by atoms with van der Waals surface area (Å²) in [5.41, 5.74) is 4.10. The number of nitrogens with two attached hydrogens (primary N) is 1. The van der Waals surface area contributed by atoms with Gasteiger partial charge in [0.25, 0.3) is 5.91 Å². The zero-order chi connectivity index (χ0) is 14.7. The lowest BCUT2D eigenvalue weighted by atomic mass is 10.0. The zero-order valence-electron chi connectivity index (χ0n) is 12.5. The molecule has 0 aliphatic carbocycles. The lowest BCUT2D eigenvalue weighted by molar-refractivity contribution is 0.0701. The first kappa shape index (κ1) is 14.8. The van der Waals surface area contributed by atoms with Crippen molar-refractivity contribution in [2.75, 3.05) is 12.0 Å². The molecule has 5 nitrogen and oxygen atoms in total. The normalized spacial score (nSPS) is 18.6. The lowest BCUT2D eigenvalue weighted by Crippen LogP contribution is -2.38. The highest BCUT2D eigenvalue weighted by Gasteiger charge is 2.31. The molecule has 1 aromatic rings. The molecule has 0 aromatic carbocycles. The van der Waals surface area contributed by atoms with Crippen LogP contribution in [0.5, 0.6) is 0 Å². The molecule has 5 heteroatoms. The Balaban J connectivity index is 2.28. The Kier molecular flexibility index (Phi) is 4.60. The van der Waals surface area contributed by atoms with Crippen molar-refractivity contribution in [1.29, 1.82) is 0 Å². The summed E-state index contributed by atoms with van der Waals surface area (Å²) in [6.07, 6.45) is 2.96. The minimum absolute atomic E-state index is 0.0924. The van der Waals surface area contributed by atoms with Gasteiger partial charge < -0.3 is 10.3 Å². The number of pyridine rings is 1. The molecule has 3 N–H and O–H groups in total.